The molecule has 0 saturated heterocycles. The Morgan fingerprint density at radius 2 is 1.74 bits per heavy atom. The first-order valence-corrected chi connectivity index (χ1v) is 11.9. The number of carbonyl (C=O) groups excluding carboxylic acids is 1. The number of nitrogens with one attached hydrogen (secondary N) is 1. The Balaban J connectivity index is 1.44. The number of aryl methyl sites for hydroxylation is 1. The minimum absolute atomic E-state index is 0.00504. The first-order valence-electron chi connectivity index (χ1n) is 9.13. The summed E-state index contributed by atoms with van der Waals surface area (Å²) in [6.07, 6.45) is 0. The minimum Gasteiger partial charge on any atom is -0.272 e. The minimum atomic E-state index is -0.463. The average molecular weight is 474 g/mol. The van der Waals surface area contributed by atoms with Crippen molar-refractivity contribution in [3.8, 4) is 0 Å². The van der Waals surface area contributed by atoms with Crippen LogP contribution in [0.25, 0.3) is 0 Å². The maximum atomic E-state index is 12.1. The highest BCUT2D eigenvalue weighted by molar-refractivity contribution is 8.03. The number of benzene rings is 2. The van der Waals surface area contributed by atoms with Gasteiger partial charge in [-0.05, 0) is 37.1 Å². The van der Waals surface area contributed by atoms with E-state index in [1.807, 2.05) is 0 Å². The average Bonchev–Trinajstić information content (AvgIpc) is 3.23. The number of hydrogen-bond donors (Lipinski definition) is 1. The summed E-state index contributed by atoms with van der Waals surface area (Å²) < 4.78 is 1.58. The van der Waals surface area contributed by atoms with E-state index in [0.717, 1.165) is 14.4 Å². The molecule has 1 amide bonds. The fourth-order valence-electron chi connectivity index (χ4n) is 2.34. The summed E-state index contributed by atoms with van der Waals surface area (Å²) in [4.78, 5) is 22.3. The number of carbonyl (C=O) groups is 1. The molecule has 2 aromatic carbocycles. The molecule has 0 spiro atoms. The monoisotopic (exact) mass is 473 g/mol. The molecule has 11 heteroatoms. The highest BCUT2D eigenvalue weighted by Gasteiger charge is 2.10. The maximum Gasteiger partial charge on any atom is 0.269 e. The van der Waals surface area contributed by atoms with Crippen LogP contribution in [0.3, 0.4) is 0 Å². The normalized spacial score (nSPS) is 11.4. The molecular formula is C20H19N5O3S3. The lowest BCUT2D eigenvalue weighted by molar-refractivity contribution is -0.384. The number of amides is 1. The van der Waals surface area contributed by atoms with Crippen molar-refractivity contribution in [2.75, 3.05) is 5.75 Å². The van der Waals surface area contributed by atoms with Gasteiger partial charge in [0.15, 0.2) is 8.68 Å². The van der Waals surface area contributed by atoms with E-state index in [-0.39, 0.29) is 17.3 Å². The van der Waals surface area contributed by atoms with Crippen molar-refractivity contribution in [2.24, 2.45) is 5.10 Å². The molecule has 0 aliphatic carbocycles. The molecule has 31 heavy (non-hydrogen) atoms. The molecule has 0 aliphatic rings. The van der Waals surface area contributed by atoms with Crippen LogP contribution in [-0.2, 0) is 10.5 Å². The van der Waals surface area contributed by atoms with Crippen molar-refractivity contribution in [3.05, 3.63) is 75.3 Å². The van der Waals surface area contributed by atoms with Crippen molar-refractivity contribution in [2.45, 2.75) is 28.3 Å². The van der Waals surface area contributed by atoms with Crippen LogP contribution in [0.2, 0.25) is 0 Å². The lowest BCUT2D eigenvalue weighted by Crippen LogP contribution is -2.21. The number of thioether (sulfide) groups is 2. The molecular weight excluding hydrogens is 454 g/mol. The molecule has 3 aromatic rings. The van der Waals surface area contributed by atoms with Crippen LogP contribution in [-0.4, -0.2) is 32.5 Å². The van der Waals surface area contributed by atoms with E-state index in [0.29, 0.717) is 11.3 Å². The Morgan fingerprint density at radius 1 is 1.10 bits per heavy atom. The Kier molecular flexibility index (Phi) is 8.15. The smallest absolute Gasteiger partial charge is 0.269 e. The zero-order chi connectivity index (χ0) is 22.2. The number of nitrogens with zero attached hydrogens (tertiary/aromatic N) is 4. The van der Waals surface area contributed by atoms with Gasteiger partial charge in [0.05, 0.1) is 16.4 Å². The van der Waals surface area contributed by atoms with Gasteiger partial charge in [-0.3, -0.25) is 14.9 Å². The molecule has 0 fully saturated rings. The van der Waals surface area contributed by atoms with Crippen LogP contribution in [0.4, 0.5) is 5.69 Å². The van der Waals surface area contributed by atoms with Crippen LogP contribution < -0.4 is 5.43 Å². The lowest BCUT2D eigenvalue weighted by atomic mass is 10.1. The van der Waals surface area contributed by atoms with E-state index in [1.54, 1.807) is 30.8 Å². The molecule has 1 aromatic heterocycles. The molecule has 0 saturated carbocycles. The van der Waals surface area contributed by atoms with Crippen LogP contribution in [0, 0.1) is 17.0 Å². The highest BCUT2D eigenvalue weighted by atomic mass is 32.2. The molecule has 0 aliphatic heterocycles. The van der Waals surface area contributed by atoms with Gasteiger partial charge in [0, 0.05) is 17.9 Å². The van der Waals surface area contributed by atoms with Gasteiger partial charge in [-0.1, -0.05) is 64.7 Å². The number of non-ortho nitro benzene ring substituents is 1. The Bertz CT molecular complexity index is 1080. The van der Waals surface area contributed by atoms with Gasteiger partial charge in [-0.2, -0.15) is 5.10 Å². The number of nitro benzene ring substituents is 1. The van der Waals surface area contributed by atoms with Gasteiger partial charge < -0.3 is 0 Å². The molecule has 0 radical (unpaired) electrons. The number of nitro groups is 1. The van der Waals surface area contributed by atoms with E-state index >= 15 is 0 Å². The Labute approximate surface area is 191 Å². The second kappa shape index (κ2) is 11.0. The van der Waals surface area contributed by atoms with Crippen molar-refractivity contribution in [3.63, 3.8) is 0 Å². The van der Waals surface area contributed by atoms with E-state index in [2.05, 4.69) is 51.9 Å². The van der Waals surface area contributed by atoms with Crippen LogP contribution >= 0.6 is 34.9 Å². The number of hydrogen-bond acceptors (Lipinski definition) is 9. The van der Waals surface area contributed by atoms with Gasteiger partial charge in [0.1, 0.15) is 0 Å². The van der Waals surface area contributed by atoms with E-state index < -0.39 is 4.92 Å². The molecule has 0 bridgehead atoms. The second-order valence-corrected chi connectivity index (χ2v) is 9.86. The van der Waals surface area contributed by atoms with E-state index in [1.165, 1.54) is 46.4 Å². The maximum absolute atomic E-state index is 12.1. The number of aromatic nitrogens is 2. The molecule has 1 N–H and O–H groups in total. The zero-order valence-electron chi connectivity index (χ0n) is 16.8. The summed E-state index contributed by atoms with van der Waals surface area (Å²) in [6.45, 7) is 3.78. The van der Waals surface area contributed by atoms with Gasteiger partial charge >= 0.3 is 0 Å². The predicted octanol–water partition coefficient (Wildman–Crippen LogP) is 4.68. The van der Waals surface area contributed by atoms with Gasteiger partial charge in [-0.25, -0.2) is 5.43 Å². The fraction of sp³-hybridized carbons (Fsp3) is 0.200. The SMILES string of the molecule is CC(=NNC(=O)CSc1nnc(SCc2ccc(C)cc2)s1)c1ccc([N+](=O)[O-])cc1. The molecule has 8 nitrogen and oxygen atoms in total. The van der Waals surface area contributed by atoms with Crippen LogP contribution in [0.5, 0.6) is 0 Å². The van der Waals surface area contributed by atoms with Gasteiger partial charge in [-0.15, -0.1) is 10.2 Å². The first kappa shape index (κ1) is 22.9. The summed E-state index contributed by atoms with van der Waals surface area (Å²) in [5.41, 5.74) is 6.20. The third kappa shape index (κ3) is 7.16. The first-order chi connectivity index (χ1) is 14.9. The van der Waals surface area contributed by atoms with Crippen molar-refractivity contribution in [1.82, 2.24) is 15.6 Å². The third-order valence-corrected chi connectivity index (χ3v) is 7.30. The predicted molar refractivity (Wildman–Crippen MR) is 125 cm³/mol. The summed E-state index contributed by atoms with van der Waals surface area (Å²) in [5.74, 6) is 0.709. The summed E-state index contributed by atoms with van der Waals surface area (Å²) in [5, 5.41) is 23.0. The van der Waals surface area contributed by atoms with Crippen LogP contribution in [0.15, 0.2) is 62.3 Å². The number of rotatable bonds is 9. The quantitative estimate of drug-likeness (QED) is 0.208. The topological polar surface area (TPSA) is 110 Å². The van der Waals surface area contributed by atoms with Crippen molar-refractivity contribution < 1.29 is 9.72 Å². The van der Waals surface area contributed by atoms with Crippen molar-refractivity contribution >= 4 is 52.2 Å². The fourth-order valence-corrected chi connectivity index (χ4v) is 5.11. The standard InChI is InChI=1S/C20H19N5O3S3/c1-13-3-5-15(6-4-13)11-29-19-23-24-20(31-19)30-12-18(26)22-21-14(2)16-7-9-17(10-8-16)25(27)28/h3-10H,11-12H2,1-2H3,(H,22,26). The summed E-state index contributed by atoms with van der Waals surface area (Å²) in [7, 11) is 0. The molecule has 3 rings (SSSR count). The lowest BCUT2D eigenvalue weighted by Gasteiger charge is -2.02. The van der Waals surface area contributed by atoms with Crippen molar-refractivity contribution in [1.29, 1.82) is 0 Å². The highest BCUT2D eigenvalue weighted by Crippen LogP contribution is 2.30. The molecule has 1 heterocycles. The van der Waals surface area contributed by atoms with Gasteiger partial charge in [0.25, 0.3) is 11.6 Å². The zero-order valence-corrected chi connectivity index (χ0v) is 19.2. The summed E-state index contributed by atoms with van der Waals surface area (Å²) in [6, 6.07) is 14.4. The Morgan fingerprint density at radius 3 is 2.39 bits per heavy atom. The van der Waals surface area contributed by atoms with Crippen LogP contribution in [0.1, 0.15) is 23.6 Å². The summed E-state index contributed by atoms with van der Waals surface area (Å²) >= 11 is 4.37. The molecule has 0 unspecified atom stereocenters. The molecule has 0 atom stereocenters. The second-order valence-electron chi connectivity index (χ2n) is 6.43. The third-order valence-electron chi connectivity index (χ3n) is 4.04. The Hall–Kier alpha value is -2.76. The van der Waals surface area contributed by atoms with E-state index in [9.17, 15) is 14.9 Å². The molecule has 160 valence electrons. The van der Waals surface area contributed by atoms with E-state index in [4.69, 9.17) is 0 Å². The largest absolute Gasteiger partial charge is 0.272 e. The number of hydrazone groups is 1. The van der Waals surface area contributed by atoms with Gasteiger partial charge in [0.2, 0.25) is 0 Å².